The number of thioether (sulfide) groups is 1. The highest BCUT2D eigenvalue weighted by Crippen LogP contribution is 2.28. The van der Waals surface area contributed by atoms with Gasteiger partial charge >= 0.3 is 5.97 Å². The van der Waals surface area contributed by atoms with Gasteiger partial charge in [-0.25, -0.2) is 4.98 Å². The Balaban J connectivity index is 2.64. The monoisotopic (exact) mass is 316 g/mol. The quantitative estimate of drug-likeness (QED) is 0.719. The van der Waals surface area contributed by atoms with Crippen LogP contribution in [-0.4, -0.2) is 33.4 Å². The molecular weight excluding hydrogens is 296 g/mol. The zero-order valence-electron chi connectivity index (χ0n) is 12.0. The van der Waals surface area contributed by atoms with Gasteiger partial charge in [0.25, 0.3) is 0 Å². The molecule has 0 radical (unpaired) electrons. The van der Waals surface area contributed by atoms with E-state index < -0.39 is 11.5 Å². The zero-order chi connectivity index (χ0) is 15.2. The van der Waals surface area contributed by atoms with Gasteiger partial charge in [-0.1, -0.05) is 25.4 Å². The van der Waals surface area contributed by atoms with Crippen LogP contribution in [0.4, 0.5) is 0 Å². The predicted molar refractivity (Wildman–Crippen MR) is 83.5 cm³/mol. The van der Waals surface area contributed by atoms with E-state index in [1.165, 1.54) is 0 Å². The molecule has 0 aromatic carbocycles. The normalized spacial score (nSPS) is 15.6. The second-order valence-corrected chi connectivity index (χ2v) is 6.91. The van der Waals surface area contributed by atoms with Crippen LogP contribution < -0.4 is 5.32 Å². The summed E-state index contributed by atoms with van der Waals surface area (Å²) in [5.41, 5.74) is -0.908. The SMILES string of the molecule is CCCNC(C)(CC(C)Sc1ccc(Cl)cn1)C(=O)O. The van der Waals surface area contributed by atoms with Crippen LogP contribution in [0.15, 0.2) is 23.4 Å². The lowest BCUT2D eigenvalue weighted by atomic mass is 9.96. The molecule has 2 unspecified atom stereocenters. The molecule has 0 saturated heterocycles. The number of aromatic nitrogens is 1. The predicted octanol–water partition coefficient (Wildman–Crippen LogP) is 3.45. The molecule has 0 aliphatic heterocycles. The molecule has 1 aromatic heterocycles. The minimum absolute atomic E-state index is 0.133. The smallest absolute Gasteiger partial charge is 0.323 e. The number of hydrogen-bond acceptors (Lipinski definition) is 4. The second-order valence-electron chi connectivity index (χ2n) is 5.01. The average Bonchev–Trinajstić information content (AvgIpc) is 2.39. The van der Waals surface area contributed by atoms with Crippen molar-refractivity contribution in [1.82, 2.24) is 10.3 Å². The lowest BCUT2D eigenvalue weighted by Crippen LogP contribution is -2.51. The third-order valence-corrected chi connectivity index (χ3v) is 4.23. The Labute approximate surface area is 129 Å². The molecule has 20 heavy (non-hydrogen) atoms. The number of aliphatic carboxylic acids is 1. The summed E-state index contributed by atoms with van der Waals surface area (Å²) in [6, 6.07) is 3.64. The summed E-state index contributed by atoms with van der Waals surface area (Å²) in [5.74, 6) is -0.817. The summed E-state index contributed by atoms with van der Waals surface area (Å²) in [7, 11) is 0. The van der Waals surface area contributed by atoms with Gasteiger partial charge in [0.05, 0.1) is 10.0 Å². The highest BCUT2D eigenvalue weighted by molar-refractivity contribution is 7.99. The number of rotatable bonds is 8. The maximum atomic E-state index is 11.5. The van der Waals surface area contributed by atoms with E-state index in [1.807, 2.05) is 19.9 Å². The Morgan fingerprint density at radius 1 is 1.60 bits per heavy atom. The summed E-state index contributed by atoms with van der Waals surface area (Å²) in [6.07, 6.45) is 3.03. The summed E-state index contributed by atoms with van der Waals surface area (Å²) in [6.45, 7) is 6.46. The fourth-order valence-electron chi connectivity index (χ4n) is 1.89. The van der Waals surface area contributed by atoms with E-state index in [0.717, 1.165) is 11.4 Å². The molecule has 6 heteroatoms. The summed E-state index contributed by atoms with van der Waals surface area (Å²) < 4.78 is 0. The van der Waals surface area contributed by atoms with Gasteiger partial charge < -0.3 is 10.4 Å². The maximum Gasteiger partial charge on any atom is 0.323 e. The van der Waals surface area contributed by atoms with Gasteiger partial charge in [-0.15, -0.1) is 11.8 Å². The zero-order valence-corrected chi connectivity index (χ0v) is 13.6. The van der Waals surface area contributed by atoms with Crippen LogP contribution >= 0.6 is 23.4 Å². The van der Waals surface area contributed by atoms with Crippen molar-refractivity contribution in [2.45, 2.75) is 49.4 Å². The van der Waals surface area contributed by atoms with Gasteiger partial charge in [0.2, 0.25) is 0 Å². The lowest BCUT2D eigenvalue weighted by Gasteiger charge is -2.28. The van der Waals surface area contributed by atoms with Crippen molar-refractivity contribution in [1.29, 1.82) is 0 Å². The van der Waals surface area contributed by atoms with Crippen LogP contribution in [0.3, 0.4) is 0 Å². The van der Waals surface area contributed by atoms with Crippen LogP contribution in [0.25, 0.3) is 0 Å². The van der Waals surface area contributed by atoms with Crippen molar-refractivity contribution in [2.75, 3.05) is 6.54 Å². The molecule has 1 heterocycles. The van der Waals surface area contributed by atoms with Crippen molar-refractivity contribution >= 4 is 29.3 Å². The number of carboxylic acid groups (broad SMARTS) is 1. The van der Waals surface area contributed by atoms with Crippen molar-refractivity contribution in [3.8, 4) is 0 Å². The Morgan fingerprint density at radius 2 is 2.30 bits per heavy atom. The topological polar surface area (TPSA) is 62.2 Å². The first-order valence-corrected chi connectivity index (χ1v) is 7.90. The fourth-order valence-corrected chi connectivity index (χ4v) is 3.09. The number of nitrogens with one attached hydrogen (secondary N) is 1. The number of pyridine rings is 1. The Kier molecular flexibility index (Phi) is 6.79. The van der Waals surface area contributed by atoms with Gasteiger partial charge in [-0.3, -0.25) is 4.79 Å². The minimum Gasteiger partial charge on any atom is -0.480 e. The van der Waals surface area contributed by atoms with Gasteiger partial charge in [0.1, 0.15) is 5.54 Å². The first-order valence-electron chi connectivity index (χ1n) is 6.64. The summed E-state index contributed by atoms with van der Waals surface area (Å²) in [5, 5.41) is 14.1. The molecule has 0 saturated carbocycles. The van der Waals surface area contributed by atoms with Crippen LogP contribution in [-0.2, 0) is 4.79 Å². The van der Waals surface area contributed by atoms with E-state index in [1.54, 1.807) is 30.9 Å². The molecule has 0 fully saturated rings. The van der Waals surface area contributed by atoms with Gasteiger partial charge in [-0.05, 0) is 38.4 Å². The van der Waals surface area contributed by atoms with Crippen LogP contribution in [0, 0.1) is 0 Å². The molecule has 0 spiro atoms. The van der Waals surface area contributed by atoms with E-state index in [4.69, 9.17) is 11.6 Å². The molecule has 1 aromatic rings. The molecule has 0 aliphatic carbocycles. The molecular formula is C14H21ClN2O2S. The van der Waals surface area contributed by atoms with Crippen molar-refractivity contribution in [3.63, 3.8) is 0 Å². The Hall–Kier alpha value is -0.780. The Morgan fingerprint density at radius 3 is 2.80 bits per heavy atom. The Bertz CT molecular complexity index is 441. The first kappa shape index (κ1) is 17.3. The van der Waals surface area contributed by atoms with E-state index in [2.05, 4.69) is 10.3 Å². The van der Waals surface area contributed by atoms with E-state index in [9.17, 15) is 9.90 Å². The van der Waals surface area contributed by atoms with Gasteiger partial charge in [0.15, 0.2) is 0 Å². The average molecular weight is 317 g/mol. The van der Waals surface area contributed by atoms with Crippen molar-refractivity contribution < 1.29 is 9.90 Å². The minimum atomic E-state index is -0.908. The highest BCUT2D eigenvalue weighted by atomic mass is 35.5. The molecule has 0 amide bonds. The van der Waals surface area contributed by atoms with E-state index >= 15 is 0 Å². The maximum absolute atomic E-state index is 11.5. The van der Waals surface area contributed by atoms with Gasteiger partial charge in [0, 0.05) is 11.4 Å². The largest absolute Gasteiger partial charge is 0.480 e. The summed E-state index contributed by atoms with van der Waals surface area (Å²) in [4.78, 5) is 15.7. The number of carbonyl (C=O) groups is 1. The van der Waals surface area contributed by atoms with Crippen LogP contribution in [0.1, 0.15) is 33.6 Å². The number of hydrogen-bond donors (Lipinski definition) is 2. The number of halogens is 1. The third kappa shape index (κ3) is 5.31. The van der Waals surface area contributed by atoms with Crippen molar-refractivity contribution in [3.05, 3.63) is 23.4 Å². The molecule has 1 rings (SSSR count). The first-order chi connectivity index (χ1) is 9.37. The molecule has 0 bridgehead atoms. The molecule has 2 atom stereocenters. The molecule has 4 nitrogen and oxygen atoms in total. The van der Waals surface area contributed by atoms with E-state index in [0.29, 0.717) is 18.0 Å². The summed E-state index contributed by atoms with van der Waals surface area (Å²) >= 11 is 7.35. The molecule has 0 aliphatic rings. The van der Waals surface area contributed by atoms with E-state index in [-0.39, 0.29) is 5.25 Å². The number of carboxylic acids is 1. The lowest BCUT2D eigenvalue weighted by molar-refractivity contribution is -0.144. The van der Waals surface area contributed by atoms with Crippen molar-refractivity contribution in [2.24, 2.45) is 0 Å². The van der Waals surface area contributed by atoms with Crippen LogP contribution in [0.2, 0.25) is 5.02 Å². The fraction of sp³-hybridized carbons (Fsp3) is 0.571. The van der Waals surface area contributed by atoms with Gasteiger partial charge in [-0.2, -0.15) is 0 Å². The molecule has 2 N–H and O–H groups in total. The molecule has 112 valence electrons. The standard InChI is InChI=1S/C14H21ClN2O2S/c1-4-7-17-14(3,13(18)19)8-10(2)20-12-6-5-11(15)9-16-12/h5-6,9-10,17H,4,7-8H2,1-3H3,(H,18,19). The second kappa shape index (κ2) is 7.86. The number of nitrogens with zero attached hydrogens (tertiary/aromatic N) is 1. The van der Waals surface area contributed by atoms with Crippen LogP contribution in [0.5, 0.6) is 0 Å². The highest BCUT2D eigenvalue weighted by Gasteiger charge is 2.34. The third-order valence-electron chi connectivity index (χ3n) is 2.96.